The van der Waals surface area contributed by atoms with Crippen molar-refractivity contribution in [3.63, 3.8) is 0 Å². The molecule has 0 aromatic heterocycles. The number of aryl methyl sites for hydroxylation is 2. The maximum Gasteiger partial charge on any atom is 0.0576 e. The number of benzene rings is 1. The molecule has 0 fully saturated rings. The van der Waals surface area contributed by atoms with E-state index in [0.717, 1.165) is 30.9 Å². The van der Waals surface area contributed by atoms with E-state index in [9.17, 15) is 0 Å². The third-order valence-corrected chi connectivity index (χ3v) is 2.51. The Morgan fingerprint density at radius 1 is 1.27 bits per heavy atom. The molecule has 0 bridgehead atoms. The van der Waals surface area contributed by atoms with Crippen LogP contribution in [0.4, 0.5) is 11.4 Å². The maximum atomic E-state index is 5.91. The Bertz CT molecular complexity index is 324. The number of nitrogen functional groups attached to an aromatic ring is 1. The molecule has 3 nitrogen and oxygen atoms in total. The minimum atomic E-state index is 0.776. The highest BCUT2D eigenvalue weighted by Crippen LogP contribution is 2.22. The summed E-state index contributed by atoms with van der Waals surface area (Å²) in [6.45, 7) is 5.83. The first-order valence-electron chi connectivity index (χ1n) is 5.24. The highest BCUT2D eigenvalue weighted by atomic mass is 16.5. The Hall–Kier alpha value is -1.22. The lowest BCUT2D eigenvalue weighted by Gasteiger charge is -2.11. The van der Waals surface area contributed by atoms with Crippen LogP contribution in [0.15, 0.2) is 12.1 Å². The van der Waals surface area contributed by atoms with Crippen LogP contribution >= 0.6 is 0 Å². The molecule has 3 N–H and O–H groups in total. The molecule has 0 unspecified atom stereocenters. The number of hydrogen-bond donors (Lipinski definition) is 2. The van der Waals surface area contributed by atoms with Crippen molar-refractivity contribution in [2.75, 3.05) is 31.3 Å². The SMILES string of the molecule is COCCCNc1cc(C)c(C)cc1N. The van der Waals surface area contributed by atoms with Crippen molar-refractivity contribution in [1.29, 1.82) is 0 Å². The second kappa shape index (κ2) is 5.61. The van der Waals surface area contributed by atoms with E-state index in [0.29, 0.717) is 0 Å². The van der Waals surface area contributed by atoms with Crippen molar-refractivity contribution in [2.24, 2.45) is 0 Å². The van der Waals surface area contributed by atoms with Gasteiger partial charge in [0.1, 0.15) is 0 Å². The number of rotatable bonds is 5. The Balaban J connectivity index is 2.57. The van der Waals surface area contributed by atoms with Crippen molar-refractivity contribution in [3.8, 4) is 0 Å². The molecule has 0 saturated carbocycles. The van der Waals surface area contributed by atoms with Crippen LogP contribution in [0.3, 0.4) is 0 Å². The van der Waals surface area contributed by atoms with Crippen LogP contribution < -0.4 is 11.1 Å². The van der Waals surface area contributed by atoms with Gasteiger partial charge in [0.2, 0.25) is 0 Å². The standard InChI is InChI=1S/C12H20N2O/c1-9-7-11(13)12(8-10(9)2)14-5-4-6-15-3/h7-8,14H,4-6,13H2,1-3H3. The molecule has 0 aliphatic heterocycles. The van der Waals surface area contributed by atoms with E-state index in [4.69, 9.17) is 10.5 Å². The van der Waals surface area contributed by atoms with Crippen LogP contribution in [0, 0.1) is 13.8 Å². The quantitative estimate of drug-likeness (QED) is 0.576. The van der Waals surface area contributed by atoms with Gasteiger partial charge in [-0.25, -0.2) is 0 Å². The molecule has 0 aliphatic carbocycles. The second-order valence-electron chi connectivity index (χ2n) is 3.80. The van der Waals surface area contributed by atoms with Gasteiger partial charge in [-0.1, -0.05) is 0 Å². The first kappa shape index (κ1) is 11.9. The first-order chi connectivity index (χ1) is 7.15. The molecule has 1 aromatic rings. The van der Waals surface area contributed by atoms with Gasteiger partial charge in [-0.05, 0) is 43.5 Å². The number of methoxy groups -OCH3 is 1. The maximum absolute atomic E-state index is 5.91. The number of hydrogen-bond acceptors (Lipinski definition) is 3. The van der Waals surface area contributed by atoms with E-state index >= 15 is 0 Å². The lowest BCUT2D eigenvalue weighted by molar-refractivity contribution is 0.198. The van der Waals surface area contributed by atoms with E-state index in [1.807, 2.05) is 6.07 Å². The van der Waals surface area contributed by atoms with Gasteiger partial charge in [0.05, 0.1) is 11.4 Å². The monoisotopic (exact) mass is 208 g/mol. The third kappa shape index (κ3) is 3.44. The number of ether oxygens (including phenoxy) is 1. The van der Waals surface area contributed by atoms with Crippen molar-refractivity contribution in [3.05, 3.63) is 23.3 Å². The average Bonchev–Trinajstić information content (AvgIpc) is 2.20. The van der Waals surface area contributed by atoms with E-state index in [-0.39, 0.29) is 0 Å². The Morgan fingerprint density at radius 3 is 2.60 bits per heavy atom. The van der Waals surface area contributed by atoms with Gasteiger partial charge in [-0.3, -0.25) is 0 Å². The summed E-state index contributed by atoms with van der Waals surface area (Å²) in [5.74, 6) is 0. The average molecular weight is 208 g/mol. The highest BCUT2D eigenvalue weighted by Gasteiger charge is 2.01. The Morgan fingerprint density at radius 2 is 1.93 bits per heavy atom. The summed E-state index contributed by atoms with van der Waals surface area (Å²) in [6, 6.07) is 4.10. The van der Waals surface area contributed by atoms with Gasteiger partial charge in [0.25, 0.3) is 0 Å². The summed E-state index contributed by atoms with van der Waals surface area (Å²) >= 11 is 0. The predicted octanol–water partition coefficient (Wildman–Crippen LogP) is 2.33. The zero-order chi connectivity index (χ0) is 11.3. The van der Waals surface area contributed by atoms with Gasteiger partial charge in [0, 0.05) is 20.3 Å². The second-order valence-corrected chi connectivity index (χ2v) is 3.80. The molecule has 84 valence electrons. The van der Waals surface area contributed by atoms with E-state index in [2.05, 4.69) is 25.2 Å². The van der Waals surface area contributed by atoms with Gasteiger partial charge in [-0.15, -0.1) is 0 Å². The van der Waals surface area contributed by atoms with E-state index < -0.39 is 0 Å². The van der Waals surface area contributed by atoms with Crippen LogP contribution in [0.5, 0.6) is 0 Å². The molecule has 0 aliphatic rings. The summed E-state index contributed by atoms with van der Waals surface area (Å²) in [5.41, 5.74) is 10.2. The number of nitrogens with one attached hydrogen (secondary N) is 1. The summed E-state index contributed by atoms with van der Waals surface area (Å²) in [5, 5.41) is 3.31. The molecule has 0 saturated heterocycles. The van der Waals surface area contributed by atoms with Crippen molar-refractivity contribution in [1.82, 2.24) is 0 Å². The first-order valence-corrected chi connectivity index (χ1v) is 5.24. The topological polar surface area (TPSA) is 47.3 Å². The fourth-order valence-electron chi connectivity index (χ4n) is 1.43. The van der Waals surface area contributed by atoms with E-state index in [1.54, 1.807) is 7.11 Å². The molecule has 1 rings (SSSR count). The molecule has 1 aromatic carbocycles. The molecule has 0 spiro atoms. The van der Waals surface area contributed by atoms with Crippen molar-refractivity contribution < 1.29 is 4.74 Å². The zero-order valence-electron chi connectivity index (χ0n) is 9.76. The van der Waals surface area contributed by atoms with Crippen LogP contribution in [0.2, 0.25) is 0 Å². The predicted molar refractivity (Wildman–Crippen MR) is 65.3 cm³/mol. The minimum absolute atomic E-state index is 0.776. The third-order valence-electron chi connectivity index (χ3n) is 2.51. The lowest BCUT2D eigenvalue weighted by Crippen LogP contribution is -2.07. The normalized spacial score (nSPS) is 10.3. The van der Waals surface area contributed by atoms with Crippen LogP contribution in [-0.4, -0.2) is 20.3 Å². The molecule has 3 heteroatoms. The van der Waals surface area contributed by atoms with Gasteiger partial charge < -0.3 is 15.8 Å². The summed E-state index contributed by atoms with van der Waals surface area (Å²) in [7, 11) is 1.71. The fourth-order valence-corrected chi connectivity index (χ4v) is 1.43. The molecule has 0 radical (unpaired) electrons. The highest BCUT2D eigenvalue weighted by molar-refractivity contribution is 5.68. The number of nitrogens with two attached hydrogens (primary N) is 1. The largest absolute Gasteiger partial charge is 0.397 e. The van der Waals surface area contributed by atoms with Crippen LogP contribution in [0.25, 0.3) is 0 Å². The number of anilines is 2. The Kier molecular flexibility index (Phi) is 4.43. The summed E-state index contributed by atoms with van der Waals surface area (Å²) in [4.78, 5) is 0. The summed E-state index contributed by atoms with van der Waals surface area (Å²) < 4.78 is 4.98. The molecular weight excluding hydrogens is 188 g/mol. The lowest BCUT2D eigenvalue weighted by atomic mass is 10.1. The summed E-state index contributed by atoms with van der Waals surface area (Å²) in [6.07, 6.45) is 0.989. The smallest absolute Gasteiger partial charge is 0.0576 e. The zero-order valence-corrected chi connectivity index (χ0v) is 9.76. The van der Waals surface area contributed by atoms with Crippen molar-refractivity contribution >= 4 is 11.4 Å². The fraction of sp³-hybridized carbons (Fsp3) is 0.500. The molecule has 0 atom stereocenters. The molecule has 0 amide bonds. The van der Waals surface area contributed by atoms with Crippen LogP contribution in [0.1, 0.15) is 17.5 Å². The molecule has 0 heterocycles. The van der Waals surface area contributed by atoms with Crippen molar-refractivity contribution in [2.45, 2.75) is 20.3 Å². The molecular formula is C12H20N2O. The van der Waals surface area contributed by atoms with Gasteiger partial charge in [0.15, 0.2) is 0 Å². The van der Waals surface area contributed by atoms with Crippen LogP contribution in [-0.2, 0) is 4.74 Å². The van der Waals surface area contributed by atoms with E-state index in [1.165, 1.54) is 11.1 Å². The molecule has 15 heavy (non-hydrogen) atoms. The van der Waals surface area contributed by atoms with Gasteiger partial charge in [-0.2, -0.15) is 0 Å². The van der Waals surface area contributed by atoms with Gasteiger partial charge >= 0.3 is 0 Å². The Labute approximate surface area is 91.6 Å². The minimum Gasteiger partial charge on any atom is -0.397 e.